The minimum atomic E-state index is -0.405. The zero-order valence-corrected chi connectivity index (χ0v) is 8.83. The van der Waals surface area contributed by atoms with Crippen LogP contribution in [0.1, 0.15) is 24.4 Å². The van der Waals surface area contributed by atoms with Gasteiger partial charge in [-0.15, -0.1) is 0 Å². The Labute approximate surface area is 92.4 Å². The fourth-order valence-corrected chi connectivity index (χ4v) is 2.21. The van der Waals surface area contributed by atoms with Gasteiger partial charge in [-0.05, 0) is 25.5 Å². The van der Waals surface area contributed by atoms with Crippen LogP contribution in [0.5, 0.6) is 0 Å². The van der Waals surface area contributed by atoms with Crippen LogP contribution in [0.4, 0.5) is 5.69 Å². The highest BCUT2D eigenvalue weighted by molar-refractivity contribution is 6.32. The minimum absolute atomic E-state index is 0.0403. The van der Waals surface area contributed by atoms with Crippen LogP contribution in [0.3, 0.4) is 0 Å². The second-order valence-electron chi connectivity index (χ2n) is 3.58. The topological polar surface area (TPSA) is 55.2 Å². The Balaban J connectivity index is 2.45. The van der Waals surface area contributed by atoms with E-state index in [2.05, 4.69) is 5.32 Å². The van der Waals surface area contributed by atoms with Gasteiger partial charge in [-0.1, -0.05) is 23.7 Å². The van der Waals surface area contributed by atoms with E-state index in [9.17, 15) is 10.1 Å². The normalized spacial score (nSPS) is 20.5. The highest BCUT2D eigenvalue weighted by atomic mass is 35.5. The Bertz CT molecular complexity index is 389. The fourth-order valence-electron chi connectivity index (χ4n) is 1.96. The maximum absolute atomic E-state index is 10.9. The van der Waals surface area contributed by atoms with Gasteiger partial charge in [-0.3, -0.25) is 10.1 Å². The molecule has 0 aliphatic carbocycles. The predicted octanol–water partition coefficient (Wildman–Crippen LogP) is 2.67. The van der Waals surface area contributed by atoms with Gasteiger partial charge in [-0.25, -0.2) is 0 Å². The van der Waals surface area contributed by atoms with Gasteiger partial charge < -0.3 is 5.32 Å². The van der Waals surface area contributed by atoms with Crippen molar-refractivity contribution in [2.75, 3.05) is 6.54 Å². The number of nitrogens with zero attached hydrogens (tertiary/aromatic N) is 1. The van der Waals surface area contributed by atoms with Crippen LogP contribution in [0.2, 0.25) is 5.02 Å². The zero-order chi connectivity index (χ0) is 10.8. The van der Waals surface area contributed by atoms with Gasteiger partial charge in [0.1, 0.15) is 5.02 Å². The number of nitro groups is 1. The zero-order valence-electron chi connectivity index (χ0n) is 8.07. The Kier molecular flexibility index (Phi) is 2.88. The van der Waals surface area contributed by atoms with Crippen molar-refractivity contribution in [2.45, 2.75) is 18.9 Å². The van der Waals surface area contributed by atoms with Crippen molar-refractivity contribution in [2.24, 2.45) is 0 Å². The monoisotopic (exact) mass is 226 g/mol. The molecular weight excluding hydrogens is 216 g/mol. The molecule has 0 unspecified atom stereocenters. The molecule has 0 aromatic heterocycles. The number of rotatable bonds is 2. The van der Waals surface area contributed by atoms with E-state index in [4.69, 9.17) is 11.6 Å². The molecule has 0 saturated carbocycles. The third-order valence-corrected chi connectivity index (χ3v) is 2.94. The summed E-state index contributed by atoms with van der Waals surface area (Å²) in [6, 6.07) is 5.15. The average molecular weight is 227 g/mol. The second-order valence-corrected chi connectivity index (χ2v) is 3.99. The summed E-state index contributed by atoms with van der Waals surface area (Å²) in [5.74, 6) is 0. The molecule has 1 atom stereocenters. The molecule has 1 aliphatic heterocycles. The molecule has 1 aromatic rings. The van der Waals surface area contributed by atoms with Crippen LogP contribution in [-0.4, -0.2) is 11.5 Å². The number of hydrogen-bond donors (Lipinski definition) is 1. The quantitative estimate of drug-likeness (QED) is 0.623. The summed E-state index contributed by atoms with van der Waals surface area (Å²) in [5.41, 5.74) is 0.739. The summed E-state index contributed by atoms with van der Waals surface area (Å²) in [6.07, 6.45) is 1.98. The maximum Gasteiger partial charge on any atom is 0.292 e. The third kappa shape index (κ3) is 1.96. The third-order valence-electron chi connectivity index (χ3n) is 2.64. The fraction of sp³-hybridized carbons (Fsp3) is 0.400. The largest absolute Gasteiger partial charge is 0.310 e. The lowest BCUT2D eigenvalue weighted by atomic mass is 10.0. The van der Waals surface area contributed by atoms with Crippen LogP contribution in [0.15, 0.2) is 18.2 Å². The lowest BCUT2D eigenvalue weighted by molar-refractivity contribution is -0.385. The summed E-state index contributed by atoms with van der Waals surface area (Å²) in [4.78, 5) is 10.5. The van der Waals surface area contributed by atoms with E-state index in [1.54, 1.807) is 18.2 Å². The Hall–Kier alpha value is -1.13. The maximum atomic E-state index is 10.9. The van der Waals surface area contributed by atoms with E-state index < -0.39 is 4.92 Å². The second kappa shape index (κ2) is 4.16. The van der Waals surface area contributed by atoms with Crippen molar-refractivity contribution in [3.63, 3.8) is 0 Å². The smallest absolute Gasteiger partial charge is 0.292 e. The molecule has 1 saturated heterocycles. The number of para-hydroxylation sites is 1. The molecule has 0 bridgehead atoms. The van der Waals surface area contributed by atoms with E-state index in [1.807, 2.05) is 0 Å². The number of nitro benzene ring substituents is 1. The lowest BCUT2D eigenvalue weighted by Gasteiger charge is -2.11. The molecule has 15 heavy (non-hydrogen) atoms. The van der Waals surface area contributed by atoms with E-state index in [1.165, 1.54) is 0 Å². The van der Waals surface area contributed by atoms with Crippen molar-refractivity contribution in [3.8, 4) is 0 Å². The standard InChI is InChI=1S/C10H11ClN2O2/c11-8-4-1-3-7(10(8)13(14)15)9-5-2-6-12-9/h1,3-4,9,12H,2,5-6H2/t9-/m1/s1. The van der Waals surface area contributed by atoms with Crippen molar-refractivity contribution >= 4 is 17.3 Å². The Morgan fingerprint density at radius 1 is 1.53 bits per heavy atom. The molecule has 1 aliphatic rings. The van der Waals surface area contributed by atoms with Gasteiger partial charge in [0, 0.05) is 11.6 Å². The van der Waals surface area contributed by atoms with E-state index in [0.717, 1.165) is 19.4 Å². The lowest BCUT2D eigenvalue weighted by Crippen LogP contribution is -2.14. The molecule has 0 spiro atoms. The number of benzene rings is 1. The molecule has 1 heterocycles. The van der Waals surface area contributed by atoms with E-state index in [0.29, 0.717) is 5.56 Å². The molecule has 0 amide bonds. The average Bonchev–Trinajstić information content (AvgIpc) is 2.69. The van der Waals surface area contributed by atoms with Crippen molar-refractivity contribution in [1.82, 2.24) is 5.32 Å². The number of nitrogens with one attached hydrogen (secondary N) is 1. The SMILES string of the molecule is O=[N+]([O-])c1c(Cl)cccc1[C@H]1CCCN1. The Morgan fingerprint density at radius 2 is 2.33 bits per heavy atom. The Morgan fingerprint density at radius 3 is 2.93 bits per heavy atom. The van der Waals surface area contributed by atoms with Gasteiger partial charge in [0.05, 0.1) is 4.92 Å². The highest BCUT2D eigenvalue weighted by Gasteiger charge is 2.26. The van der Waals surface area contributed by atoms with Crippen LogP contribution in [-0.2, 0) is 0 Å². The summed E-state index contributed by atoms with van der Waals surface area (Å²) in [5, 5.41) is 14.3. The van der Waals surface area contributed by atoms with Gasteiger partial charge >= 0.3 is 0 Å². The van der Waals surface area contributed by atoms with Gasteiger partial charge in [0.25, 0.3) is 5.69 Å². The molecule has 1 aromatic carbocycles. The minimum Gasteiger partial charge on any atom is -0.310 e. The van der Waals surface area contributed by atoms with Crippen LogP contribution >= 0.6 is 11.6 Å². The van der Waals surface area contributed by atoms with Crippen LogP contribution in [0.25, 0.3) is 0 Å². The molecule has 1 N–H and O–H groups in total. The summed E-state index contributed by atoms with van der Waals surface area (Å²) >= 11 is 5.83. The molecule has 5 heteroatoms. The summed E-state index contributed by atoms with van der Waals surface area (Å²) in [7, 11) is 0. The van der Waals surface area contributed by atoms with Crippen LogP contribution < -0.4 is 5.32 Å². The summed E-state index contributed by atoms with van der Waals surface area (Å²) < 4.78 is 0. The first kappa shape index (κ1) is 10.4. The van der Waals surface area contributed by atoms with Gasteiger partial charge in [-0.2, -0.15) is 0 Å². The highest BCUT2D eigenvalue weighted by Crippen LogP contribution is 2.35. The van der Waals surface area contributed by atoms with Gasteiger partial charge in [0.2, 0.25) is 0 Å². The van der Waals surface area contributed by atoms with Crippen molar-refractivity contribution in [3.05, 3.63) is 38.9 Å². The van der Waals surface area contributed by atoms with E-state index in [-0.39, 0.29) is 16.8 Å². The predicted molar refractivity (Wildman–Crippen MR) is 58.1 cm³/mol. The van der Waals surface area contributed by atoms with Gasteiger partial charge in [0.15, 0.2) is 0 Å². The number of hydrogen-bond acceptors (Lipinski definition) is 3. The first-order valence-corrected chi connectivity index (χ1v) is 5.24. The molecular formula is C10H11ClN2O2. The molecule has 2 rings (SSSR count). The van der Waals surface area contributed by atoms with E-state index >= 15 is 0 Å². The molecule has 0 radical (unpaired) electrons. The first-order valence-electron chi connectivity index (χ1n) is 4.86. The first-order chi connectivity index (χ1) is 7.20. The summed E-state index contributed by atoms with van der Waals surface area (Å²) in [6.45, 7) is 0.911. The molecule has 4 nitrogen and oxygen atoms in total. The number of halogens is 1. The van der Waals surface area contributed by atoms with Crippen molar-refractivity contribution in [1.29, 1.82) is 0 Å². The molecule has 1 fully saturated rings. The van der Waals surface area contributed by atoms with Crippen LogP contribution in [0, 0.1) is 10.1 Å². The van der Waals surface area contributed by atoms with Crippen molar-refractivity contribution < 1.29 is 4.92 Å². The molecule has 80 valence electrons.